The van der Waals surface area contributed by atoms with E-state index in [1.54, 1.807) is 37.4 Å². The molecule has 0 aliphatic rings. The molecular weight excluding hydrogens is 681 g/mol. The Labute approximate surface area is 295 Å². The maximum atomic E-state index is 14.0. The van der Waals surface area contributed by atoms with Crippen LogP contribution in [0.2, 0.25) is 5.02 Å². The number of anilines is 1. The van der Waals surface area contributed by atoms with Crippen LogP contribution in [0.15, 0.2) is 132 Å². The van der Waals surface area contributed by atoms with Crippen LogP contribution in [0.5, 0.6) is 11.5 Å². The number of para-hydroxylation sites is 1. The normalized spacial score (nSPS) is 11.7. The van der Waals surface area contributed by atoms with Crippen LogP contribution in [0.1, 0.15) is 16.7 Å². The van der Waals surface area contributed by atoms with Crippen LogP contribution in [0, 0.1) is 5.82 Å². The van der Waals surface area contributed by atoms with Gasteiger partial charge >= 0.3 is 0 Å². The van der Waals surface area contributed by atoms with Crippen molar-refractivity contribution in [2.45, 2.75) is 30.4 Å². The van der Waals surface area contributed by atoms with E-state index in [-0.39, 0.29) is 41.7 Å². The van der Waals surface area contributed by atoms with Crippen LogP contribution in [0.3, 0.4) is 0 Å². The monoisotopic (exact) mass is 715 g/mol. The molecule has 50 heavy (non-hydrogen) atoms. The van der Waals surface area contributed by atoms with Gasteiger partial charge < -0.3 is 19.7 Å². The zero-order valence-corrected chi connectivity index (χ0v) is 28.7. The number of nitrogens with zero attached hydrogens (tertiary/aromatic N) is 1. The molecule has 0 radical (unpaired) electrons. The molecule has 1 unspecified atom stereocenters. The van der Waals surface area contributed by atoms with Gasteiger partial charge in [0, 0.05) is 35.8 Å². The van der Waals surface area contributed by atoms with E-state index in [4.69, 9.17) is 21.1 Å². The van der Waals surface area contributed by atoms with Crippen LogP contribution in [0.4, 0.5) is 10.1 Å². The number of amides is 2. The molecule has 0 spiro atoms. The average molecular weight is 716 g/mol. The topological polar surface area (TPSA) is 114 Å². The number of benzene rings is 5. The summed E-state index contributed by atoms with van der Waals surface area (Å²) in [5.74, 6) is -0.463. The number of nitrogens with one attached hydrogen (secondary N) is 2. The van der Waals surface area contributed by atoms with Crippen molar-refractivity contribution < 1.29 is 31.9 Å². The highest BCUT2D eigenvalue weighted by atomic mass is 35.5. The lowest BCUT2D eigenvalue weighted by Gasteiger charge is -2.31. The Morgan fingerprint density at radius 3 is 2.16 bits per heavy atom. The predicted octanol–water partition coefficient (Wildman–Crippen LogP) is 6.62. The molecule has 0 bridgehead atoms. The van der Waals surface area contributed by atoms with Crippen molar-refractivity contribution in [2.24, 2.45) is 0 Å². The lowest BCUT2D eigenvalue weighted by molar-refractivity contribution is -0.142. The second-order valence-corrected chi connectivity index (χ2v) is 13.4. The first-order valence-electron chi connectivity index (χ1n) is 15.6. The Kier molecular flexibility index (Phi) is 12.1. The van der Waals surface area contributed by atoms with Gasteiger partial charge in [-0.2, -0.15) is 0 Å². The fourth-order valence-corrected chi connectivity index (χ4v) is 6.35. The number of halogens is 2. The number of carbonyl (C=O) groups excluding carboxylic acids is 2. The van der Waals surface area contributed by atoms with Gasteiger partial charge in [-0.05, 0) is 77.9 Å². The largest absolute Gasteiger partial charge is 0.496 e. The van der Waals surface area contributed by atoms with Gasteiger partial charge in [0.25, 0.3) is 15.9 Å². The summed E-state index contributed by atoms with van der Waals surface area (Å²) in [6.45, 7) is -0.164. The van der Waals surface area contributed by atoms with E-state index in [9.17, 15) is 22.4 Å². The Hall–Kier alpha value is -5.39. The Morgan fingerprint density at radius 1 is 0.820 bits per heavy atom. The molecule has 0 fully saturated rings. The fraction of sp³-hybridized carbons (Fsp3) is 0.158. The minimum Gasteiger partial charge on any atom is -0.496 e. The molecule has 5 aromatic rings. The van der Waals surface area contributed by atoms with Crippen molar-refractivity contribution in [3.05, 3.63) is 155 Å². The van der Waals surface area contributed by atoms with E-state index >= 15 is 0 Å². The van der Waals surface area contributed by atoms with E-state index in [0.29, 0.717) is 10.8 Å². The van der Waals surface area contributed by atoms with Gasteiger partial charge in [-0.3, -0.25) is 14.3 Å². The molecule has 2 N–H and O–H groups in total. The third kappa shape index (κ3) is 9.83. The second kappa shape index (κ2) is 16.8. The molecule has 5 aromatic carbocycles. The SMILES string of the molecule is COc1ccccc1CNC(=O)C(Cc1ccccc1)N(Cc1ccc(Cl)cc1)C(=O)COc1ccc(S(=O)(=O)Nc2ccc(F)cc2)cc1. The Bertz CT molecular complexity index is 2000. The van der Waals surface area contributed by atoms with E-state index in [2.05, 4.69) is 10.0 Å². The molecule has 0 aliphatic carbocycles. The second-order valence-electron chi connectivity index (χ2n) is 11.3. The molecule has 0 heterocycles. The van der Waals surface area contributed by atoms with E-state index < -0.39 is 34.4 Å². The van der Waals surface area contributed by atoms with E-state index in [1.807, 2.05) is 48.5 Å². The standard InChI is InChI=1S/C38H35ClFN3O6S/c1-48-36-10-6-5-9-29(36)24-41-38(45)35(23-27-7-3-2-4-8-27)43(25-28-11-13-30(39)14-12-28)37(44)26-49-33-19-21-34(22-20-33)50(46,47)42-32-17-15-31(40)16-18-32/h2-22,35,42H,23-26H2,1H3,(H,41,45). The predicted molar refractivity (Wildman–Crippen MR) is 190 cm³/mol. The van der Waals surface area contributed by atoms with Crippen LogP contribution in [0.25, 0.3) is 0 Å². The summed E-state index contributed by atoms with van der Waals surface area (Å²) in [5.41, 5.74) is 2.58. The number of ether oxygens (including phenoxy) is 2. The smallest absolute Gasteiger partial charge is 0.261 e. The number of carbonyl (C=O) groups is 2. The molecule has 0 saturated heterocycles. The maximum absolute atomic E-state index is 14.0. The zero-order chi connectivity index (χ0) is 35.5. The average Bonchev–Trinajstić information content (AvgIpc) is 3.13. The van der Waals surface area contributed by atoms with Gasteiger partial charge in [-0.25, -0.2) is 12.8 Å². The van der Waals surface area contributed by atoms with Gasteiger partial charge in [-0.15, -0.1) is 0 Å². The van der Waals surface area contributed by atoms with Crippen LogP contribution >= 0.6 is 11.6 Å². The summed E-state index contributed by atoms with van der Waals surface area (Å²) in [5, 5.41) is 3.51. The molecule has 9 nitrogen and oxygen atoms in total. The van der Waals surface area contributed by atoms with Crippen molar-refractivity contribution >= 4 is 39.1 Å². The fourth-order valence-electron chi connectivity index (χ4n) is 5.16. The summed E-state index contributed by atoms with van der Waals surface area (Å²) in [6.07, 6.45) is 0.228. The number of methoxy groups -OCH3 is 1. The minimum absolute atomic E-state index is 0.0560. The van der Waals surface area contributed by atoms with Crippen molar-refractivity contribution in [3.63, 3.8) is 0 Å². The van der Waals surface area contributed by atoms with Crippen molar-refractivity contribution in [2.75, 3.05) is 18.4 Å². The highest BCUT2D eigenvalue weighted by Crippen LogP contribution is 2.22. The Balaban J connectivity index is 1.36. The highest BCUT2D eigenvalue weighted by Gasteiger charge is 2.31. The van der Waals surface area contributed by atoms with Crippen molar-refractivity contribution in [1.82, 2.24) is 10.2 Å². The van der Waals surface area contributed by atoms with Crippen molar-refractivity contribution in [3.8, 4) is 11.5 Å². The van der Waals surface area contributed by atoms with Crippen LogP contribution in [-0.4, -0.2) is 44.9 Å². The van der Waals surface area contributed by atoms with Gasteiger partial charge in [0.15, 0.2) is 6.61 Å². The molecule has 12 heteroatoms. The van der Waals surface area contributed by atoms with Gasteiger partial charge in [0.2, 0.25) is 5.91 Å². The summed E-state index contributed by atoms with van der Waals surface area (Å²) >= 11 is 6.13. The Morgan fingerprint density at radius 2 is 1.48 bits per heavy atom. The lowest BCUT2D eigenvalue weighted by atomic mass is 10.0. The third-order valence-corrected chi connectivity index (χ3v) is 9.42. The van der Waals surface area contributed by atoms with Gasteiger partial charge in [-0.1, -0.05) is 72.3 Å². The summed E-state index contributed by atoms with van der Waals surface area (Å²) in [6, 6.07) is 33.3. The molecule has 0 aliphatic heterocycles. The number of sulfonamides is 1. The summed E-state index contributed by atoms with van der Waals surface area (Å²) in [4.78, 5) is 29.4. The number of rotatable bonds is 15. The molecule has 258 valence electrons. The molecular formula is C38H35ClFN3O6S. The van der Waals surface area contributed by atoms with Crippen LogP contribution in [-0.2, 0) is 39.1 Å². The molecule has 0 aromatic heterocycles. The third-order valence-electron chi connectivity index (χ3n) is 7.78. The van der Waals surface area contributed by atoms with E-state index in [1.165, 1.54) is 41.3 Å². The highest BCUT2D eigenvalue weighted by molar-refractivity contribution is 7.92. The number of hydrogen-bond acceptors (Lipinski definition) is 6. The number of hydrogen-bond donors (Lipinski definition) is 2. The summed E-state index contributed by atoms with van der Waals surface area (Å²) in [7, 11) is -2.41. The van der Waals surface area contributed by atoms with E-state index in [0.717, 1.165) is 28.8 Å². The quantitative estimate of drug-likeness (QED) is 0.126. The van der Waals surface area contributed by atoms with Crippen LogP contribution < -0.4 is 19.5 Å². The molecule has 0 saturated carbocycles. The lowest BCUT2D eigenvalue weighted by Crippen LogP contribution is -2.51. The maximum Gasteiger partial charge on any atom is 0.261 e. The zero-order valence-electron chi connectivity index (χ0n) is 27.1. The molecule has 5 rings (SSSR count). The molecule has 2 amide bonds. The first-order chi connectivity index (χ1) is 24.1. The minimum atomic E-state index is -3.97. The first-order valence-corrected chi connectivity index (χ1v) is 17.5. The van der Waals surface area contributed by atoms with Gasteiger partial charge in [0.05, 0.1) is 12.0 Å². The first kappa shape index (κ1) is 35.9. The molecule has 1 atom stereocenters. The summed E-state index contributed by atoms with van der Waals surface area (Å²) < 4.78 is 52.6. The van der Waals surface area contributed by atoms with Crippen molar-refractivity contribution in [1.29, 1.82) is 0 Å². The van der Waals surface area contributed by atoms with Gasteiger partial charge in [0.1, 0.15) is 23.4 Å².